The molecular formula is C22H30N4O3. The number of hydrogen-bond acceptors (Lipinski definition) is 4. The molecule has 7 heteroatoms. The standard InChI is InChI=1S/C22H30N4O3/c1-3-23-22(24-12-4-5-13-26-17(2)8-6-9-21(26)27)25-18-10-11-19-20(16-18)29-15-7-14-28-19/h6,8-11,16H,3-5,7,12-15H2,1-2H3,(H2,23,24,25). The molecule has 0 atom stereocenters. The number of guanidine groups is 1. The van der Waals surface area contributed by atoms with Crippen molar-refractivity contribution in [1.82, 2.24) is 9.88 Å². The van der Waals surface area contributed by atoms with Crippen molar-refractivity contribution in [2.75, 3.05) is 31.6 Å². The minimum absolute atomic E-state index is 0.0536. The van der Waals surface area contributed by atoms with Gasteiger partial charge in [0.2, 0.25) is 0 Å². The SMILES string of the molecule is CCNC(=NCCCCn1c(C)cccc1=O)Nc1ccc2c(c1)OCCCO2. The highest BCUT2D eigenvalue weighted by Gasteiger charge is 2.11. The molecule has 3 rings (SSSR count). The lowest BCUT2D eigenvalue weighted by Crippen LogP contribution is -2.30. The molecule has 0 amide bonds. The topological polar surface area (TPSA) is 76.9 Å². The van der Waals surface area contributed by atoms with Gasteiger partial charge in [-0.2, -0.15) is 0 Å². The van der Waals surface area contributed by atoms with E-state index in [-0.39, 0.29) is 5.56 Å². The number of aliphatic imine (C=N–C) groups is 1. The minimum atomic E-state index is 0.0536. The largest absolute Gasteiger partial charge is 0.490 e. The molecule has 156 valence electrons. The molecule has 0 saturated carbocycles. The fourth-order valence-corrected chi connectivity index (χ4v) is 3.17. The van der Waals surface area contributed by atoms with E-state index in [1.807, 2.05) is 42.7 Å². The van der Waals surface area contributed by atoms with Crippen LogP contribution < -0.4 is 25.7 Å². The fraction of sp³-hybridized carbons (Fsp3) is 0.455. The summed E-state index contributed by atoms with van der Waals surface area (Å²) in [5, 5.41) is 6.59. The van der Waals surface area contributed by atoms with Crippen LogP contribution in [0.15, 0.2) is 46.2 Å². The van der Waals surface area contributed by atoms with Gasteiger partial charge in [0, 0.05) is 49.6 Å². The third kappa shape index (κ3) is 6.01. The Hall–Kier alpha value is -2.96. The van der Waals surface area contributed by atoms with Crippen molar-refractivity contribution >= 4 is 11.6 Å². The number of fused-ring (bicyclic) bond motifs is 1. The molecule has 7 nitrogen and oxygen atoms in total. The van der Waals surface area contributed by atoms with Crippen LogP contribution in [0.1, 0.15) is 31.9 Å². The molecule has 0 aliphatic carbocycles. The maximum atomic E-state index is 11.9. The lowest BCUT2D eigenvalue weighted by atomic mass is 10.2. The number of hydrogen-bond donors (Lipinski definition) is 2. The molecule has 2 N–H and O–H groups in total. The summed E-state index contributed by atoms with van der Waals surface area (Å²) < 4.78 is 13.2. The lowest BCUT2D eigenvalue weighted by Gasteiger charge is -2.14. The summed E-state index contributed by atoms with van der Waals surface area (Å²) in [6.07, 6.45) is 2.69. The van der Waals surface area contributed by atoms with Gasteiger partial charge in [-0.3, -0.25) is 9.79 Å². The van der Waals surface area contributed by atoms with Gasteiger partial charge in [-0.05, 0) is 44.9 Å². The zero-order chi connectivity index (χ0) is 20.5. The zero-order valence-corrected chi connectivity index (χ0v) is 17.2. The van der Waals surface area contributed by atoms with Gasteiger partial charge in [0.15, 0.2) is 17.5 Å². The molecule has 1 aromatic carbocycles. The van der Waals surface area contributed by atoms with E-state index in [0.717, 1.165) is 54.6 Å². The van der Waals surface area contributed by atoms with E-state index in [1.54, 1.807) is 12.1 Å². The van der Waals surface area contributed by atoms with Gasteiger partial charge < -0.3 is 24.7 Å². The zero-order valence-electron chi connectivity index (χ0n) is 17.2. The Morgan fingerprint density at radius 1 is 1.14 bits per heavy atom. The Bertz CT molecular complexity index is 892. The molecular weight excluding hydrogens is 368 g/mol. The summed E-state index contributed by atoms with van der Waals surface area (Å²) in [6, 6.07) is 11.2. The molecule has 2 heterocycles. The summed E-state index contributed by atoms with van der Waals surface area (Å²) in [6.45, 7) is 7.51. The molecule has 1 aromatic heterocycles. The minimum Gasteiger partial charge on any atom is -0.490 e. The second kappa shape index (κ2) is 10.5. The van der Waals surface area contributed by atoms with E-state index >= 15 is 0 Å². The van der Waals surface area contributed by atoms with Crippen LogP contribution in [0.3, 0.4) is 0 Å². The van der Waals surface area contributed by atoms with Crippen LogP contribution in [0.4, 0.5) is 5.69 Å². The van der Waals surface area contributed by atoms with Crippen molar-refractivity contribution in [3.8, 4) is 11.5 Å². The normalized spacial score (nSPS) is 13.7. The second-order valence-electron chi connectivity index (χ2n) is 6.96. The summed E-state index contributed by atoms with van der Waals surface area (Å²) in [7, 11) is 0. The predicted molar refractivity (Wildman–Crippen MR) is 116 cm³/mol. The maximum absolute atomic E-state index is 11.9. The number of benzene rings is 1. The first-order chi connectivity index (χ1) is 14.2. The predicted octanol–water partition coefficient (Wildman–Crippen LogP) is 3.18. The van der Waals surface area contributed by atoms with Crippen LogP contribution in [0.2, 0.25) is 0 Å². The summed E-state index contributed by atoms with van der Waals surface area (Å²) in [5.41, 5.74) is 1.95. The van der Waals surface area contributed by atoms with Crippen LogP contribution in [0, 0.1) is 6.92 Å². The molecule has 0 unspecified atom stereocenters. The van der Waals surface area contributed by atoms with E-state index in [1.165, 1.54) is 0 Å². The summed E-state index contributed by atoms with van der Waals surface area (Å²) >= 11 is 0. The molecule has 1 aliphatic rings. The first kappa shape index (κ1) is 20.8. The molecule has 0 fully saturated rings. The third-order valence-electron chi connectivity index (χ3n) is 4.68. The summed E-state index contributed by atoms with van der Waals surface area (Å²) in [4.78, 5) is 16.6. The first-order valence-electron chi connectivity index (χ1n) is 10.3. The highest BCUT2D eigenvalue weighted by molar-refractivity contribution is 5.93. The van der Waals surface area contributed by atoms with Crippen molar-refractivity contribution in [1.29, 1.82) is 0 Å². The average Bonchev–Trinajstić information content (AvgIpc) is 2.95. The van der Waals surface area contributed by atoms with Gasteiger partial charge in [-0.25, -0.2) is 0 Å². The average molecular weight is 399 g/mol. The van der Waals surface area contributed by atoms with Crippen molar-refractivity contribution in [3.05, 3.63) is 52.4 Å². The quantitative estimate of drug-likeness (QED) is 0.426. The molecule has 0 saturated heterocycles. The Morgan fingerprint density at radius 2 is 1.97 bits per heavy atom. The third-order valence-corrected chi connectivity index (χ3v) is 4.68. The molecule has 0 spiro atoms. The molecule has 29 heavy (non-hydrogen) atoms. The van der Waals surface area contributed by atoms with Crippen molar-refractivity contribution in [2.24, 2.45) is 4.99 Å². The Balaban J connectivity index is 1.54. The fourth-order valence-electron chi connectivity index (χ4n) is 3.17. The van der Waals surface area contributed by atoms with Gasteiger partial charge >= 0.3 is 0 Å². The molecule has 0 radical (unpaired) electrons. The van der Waals surface area contributed by atoms with E-state index in [9.17, 15) is 4.79 Å². The van der Waals surface area contributed by atoms with Gasteiger partial charge in [-0.15, -0.1) is 0 Å². The van der Waals surface area contributed by atoms with Gasteiger partial charge in [0.1, 0.15) is 0 Å². The number of anilines is 1. The summed E-state index contributed by atoms with van der Waals surface area (Å²) in [5.74, 6) is 2.27. The monoisotopic (exact) mass is 398 g/mol. The molecule has 1 aliphatic heterocycles. The van der Waals surface area contributed by atoms with Crippen LogP contribution in [-0.4, -0.2) is 36.8 Å². The number of aromatic nitrogens is 1. The van der Waals surface area contributed by atoms with E-state index in [2.05, 4.69) is 15.6 Å². The van der Waals surface area contributed by atoms with E-state index < -0.39 is 0 Å². The highest BCUT2D eigenvalue weighted by atomic mass is 16.5. The van der Waals surface area contributed by atoms with Crippen LogP contribution in [0.5, 0.6) is 11.5 Å². The number of pyridine rings is 1. The van der Waals surface area contributed by atoms with Crippen molar-refractivity contribution in [3.63, 3.8) is 0 Å². The van der Waals surface area contributed by atoms with Crippen LogP contribution in [0.25, 0.3) is 0 Å². The van der Waals surface area contributed by atoms with E-state index in [0.29, 0.717) is 26.3 Å². The number of aryl methyl sites for hydroxylation is 1. The first-order valence-corrected chi connectivity index (χ1v) is 10.3. The van der Waals surface area contributed by atoms with E-state index in [4.69, 9.17) is 9.47 Å². The highest BCUT2D eigenvalue weighted by Crippen LogP contribution is 2.32. The number of unbranched alkanes of at least 4 members (excludes halogenated alkanes) is 1. The number of rotatable bonds is 7. The Morgan fingerprint density at radius 3 is 2.76 bits per heavy atom. The van der Waals surface area contributed by atoms with Gasteiger partial charge in [-0.1, -0.05) is 6.07 Å². The number of ether oxygens (including phenoxy) is 2. The number of nitrogens with zero attached hydrogens (tertiary/aromatic N) is 2. The van der Waals surface area contributed by atoms with Gasteiger partial charge in [0.05, 0.1) is 13.2 Å². The van der Waals surface area contributed by atoms with Crippen molar-refractivity contribution < 1.29 is 9.47 Å². The van der Waals surface area contributed by atoms with Crippen LogP contribution >= 0.6 is 0 Å². The maximum Gasteiger partial charge on any atom is 0.250 e. The Kier molecular flexibility index (Phi) is 7.55. The lowest BCUT2D eigenvalue weighted by molar-refractivity contribution is 0.297. The molecule has 0 bridgehead atoms. The van der Waals surface area contributed by atoms with Crippen LogP contribution in [-0.2, 0) is 6.54 Å². The smallest absolute Gasteiger partial charge is 0.250 e. The van der Waals surface area contributed by atoms with Crippen molar-refractivity contribution in [2.45, 2.75) is 39.7 Å². The number of nitrogens with one attached hydrogen (secondary N) is 2. The Labute approximate surface area is 171 Å². The second-order valence-corrected chi connectivity index (χ2v) is 6.96. The van der Waals surface area contributed by atoms with Gasteiger partial charge in [0.25, 0.3) is 5.56 Å². The molecule has 2 aromatic rings.